The van der Waals surface area contributed by atoms with E-state index in [-0.39, 0.29) is 0 Å². The standard InChI is InChI=1S/C39H26N2/c1-2-14-32(15-3-1)41-38-25-24-31(36-19-9-13-28-11-5-7-17-34(28)36)26-37(38)40-39(41)30-22-20-29(21-23-30)35-18-8-12-27-10-4-6-16-33(27)35/h1-26H. The van der Waals surface area contributed by atoms with Gasteiger partial charge in [0.25, 0.3) is 0 Å². The molecule has 0 aliphatic rings. The molecule has 41 heavy (non-hydrogen) atoms. The van der Waals surface area contributed by atoms with Gasteiger partial charge in [-0.05, 0) is 68.1 Å². The SMILES string of the molecule is c1ccc(-n2c(-c3ccc(-c4cccc5ccccc45)cc3)nc3cc(-c4cccc5ccccc45)ccc32)cc1. The lowest BCUT2D eigenvalue weighted by molar-refractivity contribution is 1.10. The van der Waals surface area contributed by atoms with Gasteiger partial charge in [0.2, 0.25) is 0 Å². The van der Waals surface area contributed by atoms with Crippen molar-refractivity contribution in [2.75, 3.05) is 0 Å². The highest BCUT2D eigenvalue weighted by molar-refractivity contribution is 5.99. The summed E-state index contributed by atoms with van der Waals surface area (Å²) in [5.74, 6) is 0.936. The van der Waals surface area contributed by atoms with Gasteiger partial charge in [0.1, 0.15) is 5.82 Å². The first-order valence-electron chi connectivity index (χ1n) is 14.0. The topological polar surface area (TPSA) is 17.8 Å². The zero-order chi connectivity index (χ0) is 27.2. The molecule has 2 nitrogen and oxygen atoms in total. The molecule has 0 unspecified atom stereocenters. The van der Waals surface area contributed by atoms with Crippen LogP contribution in [0.25, 0.3) is 71.9 Å². The fraction of sp³-hybridized carbons (Fsp3) is 0. The Morgan fingerprint density at radius 3 is 1.63 bits per heavy atom. The van der Waals surface area contributed by atoms with Crippen LogP contribution < -0.4 is 0 Å². The Morgan fingerprint density at radius 2 is 0.951 bits per heavy atom. The zero-order valence-electron chi connectivity index (χ0n) is 22.4. The minimum absolute atomic E-state index is 0.936. The Hall–Kier alpha value is -5.47. The highest BCUT2D eigenvalue weighted by Crippen LogP contribution is 2.35. The molecule has 7 aromatic carbocycles. The van der Waals surface area contributed by atoms with Crippen molar-refractivity contribution in [3.63, 3.8) is 0 Å². The number of benzene rings is 7. The normalized spacial score (nSPS) is 11.4. The number of para-hydroxylation sites is 1. The molecule has 192 valence electrons. The molecule has 8 rings (SSSR count). The Kier molecular flexibility index (Phi) is 5.49. The van der Waals surface area contributed by atoms with Crippen LogP contribution in [0.15, 0.2) is 158 Å². The van der Waals surface area contributed by atoms with E-state index in [1.54, 1.807) is 0 Å². The smallest absolute Gasteiger partial charge is 0.145 e. The average molecular weight is 523 g/mol. The van der Waals surface area contributed by atoms with E-state index in [0.29, 0.717) is 0 Å². The molecule has 8 aromatic rings. The van der Waals surface area contributed by atoms with Crippen molar-refractivity contribution < 1.29 is 0 Å². The molecule has 1 heterocycles. The summed E-state index contributed by atoms with van der Waals surface area (Å²) in [5.41, 5.74) is 9.09. The number of fused-ring (bicyclic) bond motifs is 3. The molecule has 0 N–H and O–H groups in total. The maximum absolute atomic E-state index is 5.24. The predicted octanol–water partition coefficient (Wildman–Crippen LogP) is 10.3. The van der Waals surface area contributed by atoms with Crippen molar-refractivity contribution in [2.24, 2.45) is 0 Å². The van der Waals surface area contributed by atoms with E-state index in [1.165, 1.54) is 43.8 Å². The second-order valence-electron chi connectivity index (χ2n) is 10.4. The van der Waals surface area contributed by atoms with Crippen LogP contribution in [0.3, 0.4) is 0 Å². The van der Waals surface area contributed by atoms with Gasteiger partial charge in [-0.25, -0.2) is 4.98 Å². The van der Waals surface area contributed by atoms with Gasteiger partial charge in [-0.3, -0.25) is 4.57 Å². The molecule has 0 aliphatic heterocycles. The van der Waals surface area contributed by atoms with Gasteiger partial charge in [0.15, 0.2) is 0 Å². The Bertz CT molecular complexity index is 2180. The van der Waals surface area contributed by atoms with E-state index < -0.39 is 0 Å². The van der Waals surface area contributed by atoms with Crippen LogP contribution in [-0.2, 0) is 0 Å². The Balaban J connectivity index is 1.29. The molecule has 1 aromatic heterocycles. The lowest BCUT2D eigenvalue weighted by atomic mass is 9.97. The van der Waals surface area contributed by atoms with E-state index in [1.807, 2.05) is 0 Å². The third-order valence-electron chi connectivity index (χ3n) is 8.01. The molecule has 0 spiro atoms. The van der Waals surface area contributed by atoms with E-state index in [4.69, 9.17) is 4.98 Å². The van der Waals surface area contributed by atoms with Crippen molar-refractivity contribution in [1.29, 1.82) is 0 Å². The quantitative estimate of drug-likeness (QED) is 0.225. The molecule has 0 saturated heterocycles. The molecule has 0 amide bonds. The van der Waals surface area contributed by atoms with Crippen LogP contribution in [0.5, 0.6) is 0 Å². The van der Waals surface area contributed by atoms with E-state index >= 15 is 0 Å². The van der Waals surface area contributed by atoms with Gasteiger partial charge in [-0.2, -0.15) is 0 Å². The number of imidazole rings is 1. The van der Waals surface area contributed by atoms with Crippen molar-refractivity contribution >= 4 is 32.6 Å². The monoisotopic (exact) mass is 522 g/mol. The largest absolute Gasteiger partial charge is 0.292 e. The number of hydrogen-bond acceptors (Lipinski definition) is 1. The second kappa shape index (κ2) is 9.62. The fourth-order valence-electron chi connectivity index (χ4n) is 6.03. The van der Waals surface area contributed by atoms with Gasteiger partial charge in [-0.1, -0.05) is 133 Å². The number of rotatable bonds is 4. The third-order valence-corrected chi connectivity index (χ3v) is 8.01. The minimum atomic E-state index is 0.936. The molecule has 0 atom stereocenters. The first-order chi connectivity index (χ1) is 20.3. The first kappa shape index (κ1) is 23.4. The van der Waals surface area contributed by atoms with E-state index in [0.717, 1.165) is 28.1 Å². The van der Waals surface area contributed by atoms with Gasteiger partial charge in [-0.15, -0.1) is 0 Å². The summed E-state index contributed by atoms with van der Waals surface area (Å²) in [7, 11) is 0. The fourth-order valence-corrected chi connectivity index (χ4v) is 6.03. The summed E-state index contributed by atoms with van der Waals surface area (Å²) < 4.78 is 2.27. The number of aromatic nitrogens is 2. The van der Waals surface area contributed by atoms with Gasteiger partial charge in [0.05, 0.1) is 11.0 Å². The molecular formula is C39H26N2. The van der Waals surface area contributed by atoms with Gasteiger partial charge < -0.3 is 0 Å². The van der Waals surface area contributed by atoms with Gasteiger partial charge >= 0.3 is 0 Å². The Labute approximate surface area is 238 Å². The van der Waals surface area contributed by atoms with Crippen LogP contribution in [-0.4, -0.2) is 9.55 Å². The summed E-state index contributed by atoms with van der Waals surface area (Å²) in [6, 6.07) is 56.1. The van der Waals surface area contributed by atoms with E-state index in [2.05, 4.69) is 162 Å². The second-order valence-corrected chi connectivity index (χ2v) is 10.4. The molecule has 0 radical (unpaired) electrons. The van der Waals surface area contributed by atoms with Crippen LogP contribution in [0, 0.1) is 0 Å². The molecule has 0 saturated carbocycles. The van der Waals surface area contributed by atoms with Gasteiger partial charge in [0, 0.05) is 11.3 Å². The van der Waals surface area contributed by atoms with Crippen molar-refractivity contribution in [3.05, 3.63) is 158 Å². The number of hydrogen-bond donors (Lipinski definition) is 0. The maximum Gasteiger partial charge on any atom is 0.145 e. The highest BCUT2D eigenvalue weighted by atomic mass is 15.1. The zero-order valence-corrected chi connectivity index (χ0v) is 22.4. The van der Waals surface area contributed by atoms with Crippen molar-refractivity contribution in [2.45, 2.75) is 0 Å². The van der Waals surface area contributed by atoms with Crippen LogP contribution in [0.4, 0.5) is 0 Å². The molecule has 0 fully saturated rings. The molecular weight excluding hydrogens is 496 g/mol. The number of nitrogens with zero attached hydrogens (tertiary/aromatic N) is 2. The Morgan fingerprint density at radius 1 is 0.415 bits per heavy atom. The lowest BCUT2D eigenvalue weighted by Crippen LogP contribution is -1.97. The van der Waals surface area contributed by atoms with Crippen LogP contribution >= 0.6 is 0 Å². The van der Waals surface area contributed by atoms with E-state index in [9.17, 15) is 0 Å². The van der Waals surface area contributed by atoms with Crippen molar-refractivity contribution in [3.8, 4) is 39.3 Å². The van der Waals surface area contributed by atoms with Crippen molar-refractivity contribution in [1.82, 2.24) is 9.55 Å². The first-order valence-corrected chi connectivity index (χ1v) is 14.0. The summed E-state index contributed by atoms with van der Waals surface area (Å²) in [6.07, 6.45) is 0. The van der Waals surface area contributed by atoms with Crippen LogP contribution in [0.1, 0.15) is 0 Å². The highest BCUT2D eigenvalue weighted by Gasteiger charge is 2.16. The average Bonchev–Trinajstić information content (AvgIpc) is 3.43. The third kappa shape index (κ3) is 4.00. The minimum Gasteiger partial charge on any atom is -0.292 e. The van der Waals surface area contributed by atoms with Crippen LogP contribution in [0.2, 0.25) is 0 Å². The lowest BCUT2D eigenvalue weighted by Gasteiger charge is -2.11. The predicted molar refractivity (Wildman–Crippen MR) is 172 cm³/mol. The molecule has 2 heteroatoms. The molecule has 0 bridgehead atoms. The molecule has 0 aliphatic carbocycles. The maximum atomic E-state index is 5.24. The summed E-state index contributed by atoms with van der Waals surface area (Å²) >= 11 is 0. The summed E-state index contributed by atoms with van der Waals surface area (Å²) in [4.78, 5) is 5.24. The summed E-state index contributed by atoms with van der Waals surface area (Å²) in [6.45, 7) is 0. The summed E-state index contributed by atoms with van der Waals surface area (Å²) in [5, 5.41) is 5.01.